The van der Waals surface area contributed by atoms with E-state index in [9.17, 15) is 0 Å². The number of hydrogen-bond donors (Lipinski definition) is 1. The first kappa shape index (κ1) is 12.3. The molecule has 0 radical (unpaired) electrons. The minimum absolute atomic E-state index is 0.0212. The predicted octanol–water partition coefficient (Wildman–Crippen LogP) is 2.39. The minimum atomic E-state index is 0.0212. The number of nitrogens with two attached hydrogens (primary N) is 1. The maximum atomic E-state index is 5.79. The van der Waals surface area contributed by atoms with Gasteiger partial charge in [0, 0.05) is 24.0 Å². The minimum Gasteiger partial charge on any atom is -0.472 e. The Kier molecular flexibility index (Phi) is 3.93. The molecule has 0 aliphatic rings. The second kappa shape index (κ2) is 5.44. The number of hydrogen-bond acceptors (Lipinski definition) is 5. The van der Waals surface area contributed by atoms with Gasteiger partial charge in [-0.3, -0.25) is 4.90 Å². The van der Waals surface area contributed by atoms with Crippen molar-refractivity contribution < 1.29 is 4.42 Å². The maximum Gasteiger partial charge on any atom is 0.109 e. The summed E-state index contributed by atoms with van der Waals surface area (Å²) in [6.45, 7) is 3.65. The van der Waals surface area contributed by atoms with Crippen LogP contribution in [0.5, 0.6) is 0 Å². The van der Waals surface area contributed by atoms with Crippen LogP contribution in [0.1, 0.15) is 29.2 Å². The van der Waals surface area contributed by atoms with Gasteiger partial charge in [-0.2, -0.15) is 0 Å². The fraction of sp³-hybridized carbons (Fsp3) is 0.417. The van der Waals surface area contributed by atoms with Crippen LogP contribution in [0.25, 0.3) is 0 Å². The summed E-state index contributed by atoms with van der Waals surface area (Å²) in [7, 11) is 2.07. The Labute approximate surface area is 105 Å². The molecular formula is C12H17N3OS. The van der Waals surface area contributed by atoms with Crippen molar-refractivity contribution in [2.75, 3.05) is 7.05 Å². The first-order chi connectivity index (χ1) is 8.15. The van der Waals surface area contributed by atoms with Crippen molar-refractivity contribution in [3.05, 3.63) is 40.2 Å². The summed E-state index contributed by atoms with van der Waals surface area (Å²) in [6, 6.07) is 2.00. The van der Waals surface area contributed by atoms with Gasteiger partial charge in [0.1, 0.15) is 5.01 Å². The fourth-order valence-corrected chi connectivity index (χ4v) is 2.40. The van der Waals surface area contributed by atoms with Crippen molar-refractivity contribution >= 4 is 11.3 Å². The molecule has 1 atom stereocenters. The van der Waals surface area contributed by atoms with Gasteiger partial charge in [-0.15, -0.1) is 11.3 Å². The molecule has 0 spiro atoms. The summed E-state index contributed by atoms with van der Waals surface area (Å²) in [5.74, 6) is 0. The van der Waals surface area contributed by atoms with Crippen LogP contribution in [0.15, 0.2) is 28.4 Å². The molecule has 0 saturated heterocycles. The molecule has 2 N–H and O–H groups in total. The van der Waals surface area contributed by atoms with Gasteiger partial charge >= 0.3 is 0 Å². The van der Waals surface area contributed by atoms with E-state index in [0.717, 1.165) is 23.8 Å². The van der Waals surface area contributed by atoms with Crippen molar-refractivity contribution in [1.29, 1.82) is 0 Å². The highest BCUT2D eigenvalue weighted by atomic mass is 32.1. The lowest BCUT2D eigenvalue weighted by molar-refractivity contribution is 0.314. The molecule has 1 unspecified atom stereocenters. The van der Waals surface area contributed by atoms with E-state index in [0.29, 0.717) is 0 Å². The molecule has 2 heterocycles. The zero-order chi connectivity index (χ0) is 12.3. The number of nitrogens with zero attached hydrogens (tertiary/aromatic N) is 2. The molecule has 2 aromatic heterocycles. The summed E-state index contributed by atoms with van der Waals surface area (Å²) in [5.41, 5.74) is 8.04. The highest BCUT2D eigenvalue weighted by Crippen LogP contribution is 2.17. The molecule has 0 amide bonds. The summed E-state index contributed by atoms with van der Waals surface area (Å²) >= 11 is 1.63. The fourth-order valence-electron chi connectivity index (χ4n) is 1.63. The van der Waals surface area contributed by atoms with Gasteiger partial charge in [-0.05, 0) is 20.0 Å². The monoisotopic (exact) mass is 251 g/mol. The van der Waals surface area contributed by atoms with Crippen molar-refractivity contribution in [2.45, 2.75) is 26.1 Å². The molecule has 0 aliphatic heterocycles. The Balaban J connectivity index is 1.91. The van der Waals surface area contributed by atoms with Gasteiger partial charge in [-0.1, -0.05) is 0 Å². The number of rotatable bonds is 5. The number of aromatic nitrogens is 1. The van der Waals surface area contributed by atoms with E-state index < -0.39 is 0 Å². The van der Waals surface area contributed by atoms with Crippen LogP contribution >= 0.6 is 11.3 Å². The molecule has 0 saturated carbocycles. The van der Waals surface area contributed by atoms with Gasteiger partial charge in [-0.25, -0.2) is 4.98 Å². The summed E-state index contributed by atoms with van der Waals surface area (Å²) in [4.78, 5) is 6.71. The average molecular weight is 251 g/mol. The second-order valence-corrected chi connectivity index (χ2v) is 5.16. The summed E-state index contributed by atoms with van der Waals surface area (Å²) in [6.07, 6.45) is 3.46. The van der Waals surface area contributed by atoms with E-state index in [2.05, 4.69) is 22.3 Å². The molecule has 17 heavy (non-hydrogen) atoms. The van der Waals surface area contributed by atoms with Crippen molar-refractivity contribution in [3.63, 3.8) is 0 Å². The molecule has 0 aliphatic carbocycles. The van der Waals surface area contributed by atoms with Crippen LogP contribution in [-0.4, -0.2) is 16.9 Å². The van der Waals surface area contributed by atoms with Crippen LogP contribution in [0.2, 0.25) is 0 Å². The zero-order valence-corrected chi connectivity index (χ0v) is 10.9. The van der Waals surface area contributed by atoms with E-state index in [4.69, 9.17) is 10.2 Å². The molecule has 92 valence electrons. The molecule has 4 nitrogen and oxygen atoms in total. The molecular weight excluding hydrogens is 234 g/mol. The third kappa shape index (κ3) is 3.39. The van der Waals surface area contributed by atoms with Crippen LogP contribution in [0.4, 0.5) is 0 Å². The summed E-state index contributed by atoms with van der Waals surface area (Å²) in [5, 5.41) is 3.07. The van der Waals surface area contributed by atoms with Crippen LogP contribution in [0, 0.1) is 0 Å². The van der Waals surface area contributed by atoms with E-state index in [-0.39, 0.29) is 6.04 Å². The number of furan rings is 1. The van der Waals surface area contributed by atoms with Crippen LogP contribution < -0.4 is 5.73 Å². The zero-order valence-electron chi connectivity index (χ0n) is 10.1. The third-order valence-corrected chi connectivity index (χ3v) is 3.52. The maximum absolute atomic E-state index is 5.79. The van der Waals surface area contributed by atoms with Gasteiger partial charge in [0.15, 0.2) is 0 Å². The van der Waals surface area contributed by atoms with Crippen LogP contribution in [-0.2, 0) is 13.1 Å². The van der Waals surface area contributed by atoms with E-state index in [1.165, 1.54) is 5.56 Å². The average Bonchev–Trinajstić information content (AvgIpc) is 2.88. The molecule has 5 heteroatoms. The van der Waals surface area contributed by atoms with E-state index in [1.54, 1.807) is 23.9 Å². The SMILES string of the molecule is CC(N)c1nc(CN(C)Cc2ccoc2)cs1. The van der Waals surface area contributed by atoms with Gasteiger partial charge < -0.3 is 10.2 Å². The molecule has 2 rings (SSSR count). The Hall–Kier alpha value is -1.17. The first-order valence-electron chi connectivity index (χ1n) is 5.54. The van der Waals surface area contributed by atoms with Crippen molar-refractivity contribution in [1.82, 2.24) is 9.88 Å². The smallest absolute Gasteiger partial charge is 0.109 e. The standard InChI is InChI=1S/C12H17N3OS/c1-9(13)12-14-11(8-17-12)6-15(2)5-10-3-4-16-7-10/h3-4,7-9H,5-6,13H2,1-2H3. The topological polar surface area (TPSA) is 55.3 Å². The van der Waals surface area contributed by atoms with Gasteiger partial charge in [0.2, 0.25) is 0 Å². The highest BCUT2D eigenvalue weighted by Gasteiger charge is 2.08. The lowest BCUT2D eigenvalue weighted by Gasteiger charge is -2.13. The molecule has 2 aromatic rings. The second-order valence-electron chi connectivity index (χ2n) is 4.27. The molecule has 0 bridgehead atoms. The largest absolute Gasteiger partial charge is 0.472 e. The first-order valence-corrected chi connectivity index (χ1v) is 6.42. The predicted molar refractivity (Wildman–Crippen MR) is 68.6 cm³/mol. The van der Waals surface area contributed by atoms with Gasteiger partial charge in [0.25, 0.3) is 0 Å². The van der Waals surface area contributed by atoms with Gasteiger partial charge in [0.05, 0.1) is 24.3 Å². The Morgan fingerprint density at radius 2 is 2.35 bits per heavy atom. The molecule has 0 aromatic carbocycles. The lowest BCUT2D eigenvalue weighted by Crippen LogP contribution is -2.17. The Morgan fingerprint density at radius 3 is 2.94 bits per heavy atom. The molecule has 0 fully saturated rings. The Morgan fingerprint density at radius 1 is 1.53 bits per heavy atom. The van der Waals surface area contributed by atoms with Crippen molar-refractivity contribution in [3.8, 4) is 0 Å². The quantitative estimate of drug-likeness (QED) is 0.886. The Bertz CT molecular complexity index is 450. The highest BCUT2D eigenvalue weighted by molar-refractivity contribution is 7.09. The van der Waals surface area contributed by atoms with Crippen LogP contribution in [0.3, 0.4) is 0 Å². The number of thiazole rings is 1. The normalized spacial score (nSPS) is 13.2. The van der Waals surface area contributed by atoms with E-state index in [1.807, 2.05) is 13.0 Å². The summed E-state index contributed by atoms with van der Waals surface area (Å²) < 4.78 is 5.04. The van der Waals surface area contributed by atoms with Crippen molar-refractivity contribution in [2.24, 2.45) is 5.73 Å². The van der Waals surface area contributed by atoms with E-state index >= 15 is 0 Å². The third-order valence-electron chi connectivity index (χ3n) is 2.42. The lowest BCUT2D eigenvalue weighted by atomic mass is 10.3.